The molecule has 0 radical (unpaired) electrons. The molecular formula is C12H19ClN2O2. The van der Waals surface area contributed by atoms with Gasteiger partial charge in [-0.1, -0.05) is 26.8 Å². The lowest BCUT2D eigenvalue weighted by Gasteiger charge is -2.29. The fourth-order valence-corrected chi connectivity index (χ4v) is 1.48. The van der Waals surface area contributed by atoms with E-state index in [1.165, 1.54) is 0 Å². The van der Waals surface area contributed by atoms with Gasteiger partial charge in [-0.3, -0.25) is 4.79 Å². The van der Waals surface area contributed by atoms with Crippen LogP contribution in [0.2, 0.25) is 0 Å². The second-order valence-corrected chi connectivity index (χ2v) is 4.90. The van der Waals surface area contributed by atoms with Crippen molar-refractivity contribution >= 4 is 24.0 Å². The predicted octanol–water partition coefficient (Wildman–Crippen LogP) is 2.13. The first-order valence-corrected chi connectivity index (χ1v) is 5.15. The maximum Gasteiger partial charge on any atom is 0.240 e. The Bertz CT molecular complexity index is 388. The fraction of sp³-hybridized carbons (Fsp3) is 0.417. The number of hydrogen-bond acceptors (Lipinski definition) is 3. The SMILES string of the molecule is CC(C)(C)[C@H](Nc1cccc(O)c1)C(N)=O.Cl. The summed E-state index contributed by atoms with van der Waals surface area (Å²) in [6, 6.07) is 6.14. The van der Waals surface area contributed by atoms with Crippen LogP contribution in [0.4, 0.5) is 5.69 Å². The Morgan fingerprint density at radius 1 is 1.41 bits per heavy atom. The quantitative estimate of drug-likeness (QED) is 0.777. The van der Waals surface area contributed by atoms with E-state index in [0.29, 0.717) is 5.69 Å². The zero-order valence-corrected chi connectivity index (χ0v) is 11.0. The minimum Gasteiger partial charge on any atom is -0.508 e. The topological polar surface area (TPSA) is 75.3 Å². The van der Waals surface area contributed by atoms with E-state index < -0.39 is 11.9 Å². The summed E-state index contributed by atoms with van der Waals surface area (Å²) in [5, 5.41) is 12.3. The van der Waals surface area contributed by atoms with E-state index in [-0.39, 0.29) is 23.6 Å². The Hall–Kier alpha value is -1.42. The van der Waals surface area contributed by atoms with Crippen molar-refractivity contribution in [2.75, 3.05) is 5.32 Å². The Balaban J connectivity index is 0.00000256. The molecule has 0 aromatic heterocycles. The third-order valence-electron chi connectivity index (χ3n) is 2.31. The molecule has 1 aromatic rings. The Morgan fingerprint density at radius 3 is 2.41 bits per heavy atom. The van der Waals surface area contributed by atoms with Crippen LogP contribution in [-0.4, -0.2) is 17.1 Å². The maximum atomic E-state index is 11.3. The predicted molar refractivity (Wildman–Crippen MR) is 71.4 cm³/mol. The number of primary amides is 1. The summed E-state index contributed by atoms with van der Waals surface area (Å²) in [5.74, 6) is -0.252. The fourth-order valence-electron chi connectivity index (χ4n) is 1.48. The van der Waals surface area contributed by atoms with Gasteiger partial charge >= 0.3 is 0 Å². The largest absolute Gasteiger partial charge is 0.508 e. The summed E-state index contributed by atoms with van der Waals surface area (Å²) < 4.78 is 0. The van der Waals surface area contributed by atoms with Crippen LogP contribution in [0, 0.1) is 5.41 Å². The smallest absolute Gasteiger partial charge is 0.240 e. The number of phenols is 1. The highest BCUT2D eigenvalue weighted by molar-refractivity contribution is 5.85. The van der Waals surface area contributed by atoms with Crippen molar-refractivity contribution in [3.8, 4) is 5.75 Å². The van der Waals surface area contributed by atoms with E-state index in [1.807, 2.05) is 20.8 Å². The van der Waals surface area contributed by atoms with Crippen LogP contribution >= 0.6 is 12.4 Å². The lowest BCUT2D eigenvalue weighted by Crippen LogP contribution is -2.45. The number of benzene rings is 1. The third kappa shape index (κ3) is 4.53. The molecule has 4 nitrogen and oxygen atoms in total. The van der Waals surface area contributed by atoms with Crippen molar-refractivity contribution in [2.24, 2.45) is 11.1 Å². The minimum atomic E-state index is -0.478. The zero-order chi connectivity index (χ0) is 12.3. The highest BCUT2D eigenvalue weighted by atomic mass is 35.5. The molecule has 0 saturated carbocycles. The second-order valence-electron chi connectivity index (χ2n) is 4.90. The first-order valence-electron chi connectivity index (χ1n) is 5.15. The Kier molecular flexibility index (Phi) is 5.29. The van der Waals surface area contributed by atoms with Gasteiger partial charge in [0.1, 0.15) is 11.8 Å². The van der Waals surface area contributed by atoms with Crippen molar-refractivity contribution in [1.29, 1.82) is 0 Å². The molecule has 0 aliphatic carbocycles. The number of anilines is 1. The molecule has 1 aromatic carbocycles. The summed E-state index contributed by atoms with van der Waals surface area (Å²) in [6.45, 7) is 5.79. The van der Waals surface area contributed by atoms with Gasteiger partial charge in [0.15, 0.2) is 0 Å². The molecule has 1 atom stereocenters. The molecule has 1 rings (SSSR count). The number of amides is 1. The number of nitrogens with one attached hydrogen (secondary N) is 1. The third-order valence-corrected chi connectivity index (χ3v) is 2.31. The highest BCUT2D eigenvalue weighted by Gasteiger charge is 2.29. The number of carbonyl (C=O) groups is 1. The molecule has 0 aliphatic rings. The van der Waals surface area contributed by atoms with E-state index in [0.717, 1.165) is 0 Å². The molecule has 5 heteroatoms. The van der Waals surface area contributed by atoms with E-state index in [2.05, 4.69) is 5.32 Å². The number of phenolic OH excluding ortho intramolecular Hbond substituents is 1. The van der Waals surface area contributed by atoms with E-state index in [1.54, 1.807) is 24.3 Å². The van der Waals surface area contributed by atoms with Gasteiger partial charge in [-0.25, -0.2) is 0 Å². The van der Waals surface area contributed by atoms with E-state index >= 15 is 0 Å². The summed E-state index contributed by atoms with van der Waals surface area (Å²) >= 11 is 0. The highest BCUT2D eigenvalue weighted by Crippen LogP contribution is 2.24. The number of nitrogens with two attached hydrogens (primary N) is 1. The van der Waals surface area contributed by atoms with E-state index in [4.69, 9.17) is 5.73 Å². The van der Waals surface area contributed by atoms with Crippen LogP contribution in [-0.2, 0) is 4.79 Å². The molecule has 0 saturated heterocycles. The average Bonchev–Trinajstić information content (AvgIpc) is 2.12. The van der Waals surface area contributed by atoms with Crippen molar-refractivity contribution < 1.29 is 9.90 Å². The first-order chi connectivity index (χ1) is 7.30. The van der Waals surface area contributed by atoms with Gasteiger partial charge in [-0.05, 0) is 17.5 Å². The van der Waals surface area contributed by atoms with Crippen LogP contribution in [0.15, 0.2) is 24.3 Å². The summed E-state index contributed by atoms with van der Waals surface area (Å²) in [5.41, 5.74) is 5.74. The van der Waals surface area contributed by atoms with Crippen molar-refractivity contribution in [3.05, 3.63) is 24.3 Å². The number of rotatable bonds is 3. The Labute approximate surface area is 108 Å². The van der Waals surface area contributed by atoms with Crippen LogP contribution in [0.1, 0.15) is 20.8 Å². The van der Waals surface area contributed by atoms with Gasteiger partial charge in [0.2, 0.25) is 5.91 Å². The molecule has 0 heterocycles. The molecule has 0 unspecified atom stereocenters. The molecule has 0 spiro atoms. The summed E-state index contributed by atoms with van der Waals surface area (Å²) in [6.07, 6.45) is 0. The number of halogens is 1. The first kappa shape index (κ1) is 15.6. The molecule has 96 valence electrons. The van der Waals surface area contributed by atoms with Gasteiger partial charge in [0.05, 0.1) is 0 Å². The number of aromatic hydroxyl groups is 1. The van der Waals surface area contributed by atoms with Gasteiger partial charge in [0.25, 0.3) is 0 Å². The van der Waals surface area contributed by atoms with E-state index in [9.17, 15) is 9.90 Å². The Morgan fingerprint density at radius 2 is 2.00 bits per heavy atom. The molecule has 17 heavy (non-hydrogen) atoms. The van der Waals surface area contributed by atoms with Crippen molar-refractivity contribution in [2.45, 2.75) is 26.8 Å². The summed E-state index contributed by atoms with van der Waals surface area (Å²) in [4.78, 5) is 11.3. The molecule has 1 amide bonds. The molecule has 0 bridgehead atoms. The minimum absolute atomic E-state index is 0. The molecule has 0 aliphatic heterocycles. The average molecular weight is 259 g/mol. The van der Waals surface area contributed by atoms with Gasteiger partial charge in [-0.2, -0.15) is 0 Å². The standard InChI is InChI=1S/C12H18N2O2.ClH/c1-12(2,3)10(11(13)16)14-8-5-4-6-9(15)7-8;/h4-7,10,14-15H,1-3H3,(H2,13,16);1H/t10-;/m1./s1. The summed E-state index contributed by atoms with van der Waals surface area (Å²) in [7, 11) is 0. The van der Waals surface area contributed by atoms with Gasteiger partial charge < -0.3 is 16.2 Å². The monoisotopic (exact) mass is 258 g/mol. The zero-order valence-electron chi connectivity index (χ0n) is 10.2. The van der Waals surface area contributed by atoms with Crippen LogP contribution in [0.5, 0.6) is 5.75 Å². The van der Waals surface area contributed by atoms with Gasteiger partial charge in [0, 0.05) is 11.8 Å². The molecular weight excluding hydrogens is 240 g/mol. The molecule has 4 N–H and O–H groups in total. The number of carbonyl (C=O) groups excluding carboxylic acids is 1. The second kappa shape index (κ2) is 5.77. The van der Waals surface area contributed by atoms with Crippen LogP contribution in [0.25, 0.3) is 0 Å². The van der Waals surface area contributed by atoms with Crippen LogP contribution < -0.4 is 11.1 Å². The lowest BCUT2D eigenvalue weighted by molar-refractivity contribution is -0.120. The van der Waals surface area contributed by atoms with Crippen molar-refractivity contribution in [1.82, 2.24) is 0 Å². The maximum absolute atomic E-state index is 11.3. The number of hydrogen-bond donors (Lipinski definition) is 3. The molecule has 0 fully saturated rings. The lowest BCUT2D eigenvalue weighted by atomic mass is 9.86. The van der Waals surface area contributed by atoms with Crippen LogP contribution in [0.3, 0.4) is 0 Å². The van der Waals surface area contributed by atoms with Gasteiger partial charge in [-0.15, -0.1) is 12.4 Å². The normalized spacial score (nSPS) is 12.4. The van der Waals surface area contributed by atoms with Crippen molar-refractivity contribution in [3.63, 3.8) is 0 Å².